The first-order chi connectivity index (χ1) is 12.1. The lowest BCUT2D eigenvalue weighted by molar-refractivity contribution is 0.0192. The van der Waals surface area contributed by atoms with E-state index >= 15 is 0 Å². The molecule has 6 heteroatoms. The van der Waals surface area contributed by atoms with E-state index in [-0.39, 0.29) is 13.2 Å². The fourth-order valence-corrected chi connectivity index (χ4v) is 2.65. The molecule has 3 rings (SSSR count). The number of ether oxygens (including phenoxy) is 1. The summed E-state index contributed by atoms with van der Waals surface area (Å²) in [5, 5.41) is 23.8. The van der Waals surface area contributed by atoms with Gasteiger partial charge in [-0.05, 0) is 23.3 Å². The minimum absolute atomic E-state index is 0.115. The lowest BCUT2D eigenvalue weighted by Crippen LogP contribution is -2.35. The smallest absolute Gasteiger partial charge is 0.407 e. The van der Waals surface area contributed by atoms with Gasteiger partial charge in [0.05, 0.1) is 0 Å². The molecule has 0 aliphatic carbocycles. The van der Waals surface area contributed by atoms with Gasteiger partial charge in [0.15, 0.2) is 0 Å². The molecule has 0 spiro atoms. The van der Waals surface area contributed by atoms with Crippen molar-refractivity contribution in [3.8, 4) is 0 Å². The highest BCUT2D eigenvalue weighted by atomic mass is 16.5. The van der Waals surface area contributed by atoms with Gasteiger partial charge < -0.3 is 25.3 Å². The maximum absolute atomic E-state index is 11.7. The van der Waals surface area contributed by atoms with Crippen molar-refractivity contribution in [1.29, 1.82) is 0 Å². The Morgan fingerprint density at radius 2 is 1.88 bits per heavy atom. The average molecular weight is 340 g/mol. The third kappa shape index (κ3) is 4.17. The first-order valence-electron chi connectivity index (χ1n) is 8.02. The molecular formula is C19H20N2O4. The number of fused-ring (bicyclic) bond motifs is 1. The molecule has 0 fully saturated rings. The quantitative estimate of drug-likeness (QED) is 0.554. The third-order valence-electron chi connectivity index (χ3n) is 3.98. The highest BCUT2D eigenvalue weighted by Gasteiger charge is 2.21. The number of aromatic amines is 1. The molecule has 0 saturated carbocycles. The molecule has 0 bridgehead atoms. The molecule has 0 aliphatic rings. The Hall–Kier alpha value is -2.83. The first kappa shape index (κ1) is 17.0. The summed E-state index contributed by atoms with van der Waals surface area (Å²) in [6, 6.07) is 16.6. The molecule has 2 unspecified atom stereocenters. The fourth-order valence-electron chi connectivity index (χ4n) is 2.65. The van der Waals surface area contributed by atoms with Crippen molar-refractivity contribution in [1.82, 2.24) is 10.3 Å². The van der Waals surface area contributed by atoms with Crippen LogP contribution in [0.2, 0.25) is 0 Å². The Morgan fingerprint density at radius 1 is 1.08 bits per heavy atom. The van der Waals surface area contributed by atoms with E-state index in [4.69, 9.17) is 4.74 Å². The van der Waals surface area contributed by atoms with Gasteiger partial charge in [-0.1, -0.05) is 42.5 Å². The number of carbonyl (C=O) groups excluding carboxylic acids is 1. The number of hydrogen-bond donors (Lipinski definition) is 4. The summed E-state index contributed by atoms with van der Waals surface area (Å²) >= 11 is 0. The summed E-state index contributed by atoms with van der Waals surface area (Å²) in [4.78, 5) is 14.8. The molecule has 2 atom stereocenters. The minimum Gasteiger partial charge on any atom is -0.445 e. The molecule has 0 aliphatic heterocycles. The molecule has 1 heterocycles. The summed E-state index contributed by atoms with van der Waals surface area (Å²) < 4.78 is 5.07. The summed E-state index contributed by atoms with van der Waals surface area (Å²) in [5.41, 5.74) is 2.35. The summed E-state index contributed by atoms with van der Waals surface area (Å²) in [7, 11) is 0. The van der Waals surface area contributed by atoms with Crippen LogP contribution in [0.25, 0.3) is 10.9 Å². The first-order valence-corrected chi connectivity index (χ1v) is 8.02. The van der Waals surface area contributed by atoms with Gasteiger partial charge in [0.1, 0.15) is 18.8 Å². The summed E-state index contributed by atoms with van der Waals surface area (Å²) in [6.07, 6.45) is -1.14. The minimum atomic E-state index is -1.15. The lowest BCUT2D eigenvalue weighted by Gasteiger charge is -2.19. The van der Waals surface area contributed by atoms with Crippen LogP contribution in [-0.4, -0.2) is 33.9 Å². The van der Waals surface area contributed by atoms with Crippen LogP contribution in [0.3, 0.4) is 0 Å². The van der Waals surface area contributed by atoms with Crippen molar-refractivity contribution in [3.05, 3.63) is 71.9 Å². The van der Waals surface area contributed by atoms with Crippen molar-refractivity contribution in [2.75, 3.05) is 6.54 Å². The number of amides is 1. The SMILES string of the molecule is O=C(NCC(O)C(O)c1cccc2[nH]ccc12)OCc1ccccc1. The molecule has 130 valence electrons. The molecular weight excluding hydrogens is 320 g/mol. The van der Waals surface area contributed by atoms with Crippen LogP contribution in [0.4, 0.5) is 4.79 Å². The highest BCUT2D eigenvalue weighted by molar-refractivity contribution is 5.83. The highest BCUT2D eigenvalue weighted by Crippen LogP contribution is 2.25. The normalized spacial score (nSPS) is 13.4. The van der Waals surface area contributed by atoms with E-state index in [2.05, 4.69) is 10.3 Å². The van der Waals surface area contributed by atoms with Gasteiger partial charge in [0.25, 0.3) is 0 Å². The Kier molecular flexibility index (Phi) is 5.33. The average Bonchev–Trinajstić information content (AvgIpc) is 3.13. The number of aliphatic hydroxyl groups is 2. The Morgan fingerprint density at radius 3 is 2.68 bits per heavy atom. The predicted octanol–water partition coefficient (Wildman–Crippen LogP) is 2.49. The lowest BCUT2D eigenvalue weighted by atomic mass is 10.0. The van der Waals surface area contributed by atoms with Gasteiger partial charge in [-0.3, -0.25) is 0 Å². The van der Waals surface area contributed by atoms with E-state index < -0.39 is 18.3 Å². The molecule has 0 radical (unpaired) electrons. The number of aliphatic hydroxyl groups excluding tert-OH is 2. The molecule has 0 saturated heterocycles. The number of alkyl carbamates (subject to hydrolysis) is 1. The molecule has 3 aromatic rings. The van der Waals surface area contributed by atoms with Crippen LogP contribution in [0, 0.1) is 0 Å². The molecule has 4 N–H and O–H groups in total. The van der Waals surface area contributed by atoms with Gasteiger partial charge in [-0.15, -0.1) is 0 Å². The van der Waals surface area contributed by atoms with Gasteiger partial charge >= 0.3 is 6.09 Å². The fraction of sp³-hybridized carbons (Fsp3) is 0.211. The standard InChI is InChI=1S/C19H20N2O4/c22-17(11-21-19(24)25-12-13-5-2-1-3-6-13)18(23)15-7-4-8-16-14(15)9-10-20-16/h1-10,17-18,20,22-23H,11-12H2,(H,21,24). The van der Waals surface area contributed by atoms with Crippen molar-refractivity contribution in [3.63, 3.8) is 0 Å². The summed E-state index contributed by atoms with van der Waals surface area (Å²) in [5.74, 6) is 0. The van der Waals surface area contributed by atoms with Gasteiger partial charge in [-0.2, -0.15) is 0 Å². The van der Waals surface area contributed by atoms with E-state index in [0.717, 1.165) is 16.5 Å². The zero-order valence-corrected chi connectivity index (χ0v) is 13.6. The number of H-pyrrole nitrogens is 1. The zero-order valence-electron chi connectivity index (χ0n) is 13.6. The van der Waals surface area contributed by atoms with E-state index in [1.807, 2.05) is 42.5 Å². The molecule has 1 aromatic heterocycles. The second-order valence-electron chi connectivity index (χ2n) is 5.74. The van der Waals surface area contributed by atoms with Gasteiger partial charge in [-0.25, -0.2) is 4.79 Å². The molecule has 25 heavy (non-hydrogen) atoms. The van der Waals surface area contributed by atoms with Crippen molar-refractivity contribution < 1.29 is 19.7 Å². The number of carbonyl (C=O) groups is 1. The van der Waals surface area contributed by atoms with Crippen LogP contribution in [0.15, 0.2) is 60.8 Å². The molecule has 6 nitrogen and oxygen atoms in total. The largest absolute Gasteiger partial charge is 0.445 e. The maximum atomic E-state index is 11.7. The Labute approximate surface area is 145 Å². The van der Waals surface area contributed by atoms with Gasteiger partial charge in [0, 0.05) is 23.6 Å². The second kappa shape index (κ2) is 7.83. The van der Waals surface area contributed by atoms with Crippen LogP contribution in [-0.2, 0) is 11.3 Å². The maximum Gasteiger partial charge on any atom is 0.407 e. The van der Waals surface area contributed by atoms with Gasteiger partial charge in [0.2, 0.25) is 0 Å². The van der Waals surface area contributed by atoms with Crippen LogP contribution >= 0.6 is 0 Å². The van der Waals surface area contributed by atoms with Crippen LogP contribution in [0.1, 0.15) is 17.2 Å². The topological polar surface area (TPSA) is 94.6 Å². The van der Waals surface area contributed by atoms with E-state index in [1.54, 1.807) is 18.3 Å². The second-order valence-corrected chi connectivity index (χ2v) is 5.74. The van der Waals surface area contributed by atoms with Crippen molar-refractivity contribution in [2.24, 2.45) is 0 Å². The monoisotopic (exact) mass is 340 g/mol. The van der Waals surface area contributed by atoms with E-state index in [1.165, 1.54) is 0 Å². The van der Waals surface area contributed by atoms with Crippen LogP contribution < -0.4 is 5.32 Å². The molecule has 1 amide bonds. The van der Waals surface area contributed by atoms with Crippen LogP contribution in [0.5, 0.6) is 0 Å². The number of benzene rings is 2. The van der Waals surface area contributed by atoms with E-state index in [9.17, 15) is 15.0 Å². The summed E-state index contributed by atoms with van der Waals surface area (Å²) in [6.45, 7) is 0.0313. The number of hydrogen-bond acceptors (Lipinski definition) is 4. The van der Waals surface area contributed by atoms with E-state index in [0.29, 0.717) is 5.56 Å². The Balaban J connectivity index is 1.52. The zero-order chi connectivity index (χ0) is 17.6. The predicted molar refractivity (Wildman–Crippen MR) is 93.9 cm³/mol. The Bertz CT molecular complexity index is 832. The van der Waals surface area contributed by atoms with Crippen molar-refractivity contribution >= 4 is 17.0 Å². The molecule has 2 aromatic carbocycles. The number of rotatable bonds is 6. The number of aromatic nitrogens is 1. The van der Waals surface area contributed by atoms with Crippen molar-refractivity contribution in [2.45, 2.75) is 18.8 Å². The third-order valence-corrected chi connectivity index (χ3v) is 3.98. The number of nitrogens with one attached hydrogen (secondary N) is 2.